The molecule has 2 heterocycles. The van der Waals surface area contributed by atoms with Crippen LogP contribution in [0.2, 0.25) is 0 Å². The molecule has 0 aliphatic heterocycles. The molecule has 0 bridgehead atoms. The molecule has 0 radical (unpaired) electrons. The molecule has 0 aliphatic carbocycles. The molecule has 0 saturated heterocycles. The zero-order valence-electron chi connectivity index (χ0n) is 13.8. The lowest BCUT2D eigenvalue weighted by molar-refractivity contribution is 0.0747. The average molecular weight is 340 g/mol. The Morgan fingerprint density at radius 2 is 2.08 bits per heavy atom. The minimum atomic E-state index is -0.133. The number of carbonyl (C=O) groups is 1. The fourth-order valence-electron chi connectivity index (χ4n) is 2.77. The number of nitrogens with zero attached hydrogens (tertiary/aromatic N) is 1. The SMILES string of the molecule is CCCN(Cc1cc2cc(C)ccc2[nH]c1=O)C(=O)c1cccs1. The van der Waals surface area contributed by atoms with Crippen molar-refractivity contribution in [3.63, 3.8) is 0 Å². The van der Waals surface area contributed by atoms with Crippen molar-refractivity contribution in [1.82, 2.24) is 9.88 Å². The quantitative estimate of drug-likeness (QED) is 0.764. The Kier molecular flexibility index (Phi) is 4.81. The van der Waals surface area contributed by atoms with Crippen LogP contribution in [0.4, 0.5) is 0 Å². The summed E-state index contributed by atoms with van der Waals surface area (Å²) in [4.78, 5) is 30.4. The number of fused-ring (bicyclic) bond motifs is 1. The predicted molar refractivity (Wildman–Crippen MR) is 98.7 cm³/mol. The molecule has 1 amide bonds. The first kappa shape index (κ1) is 16.5. The number of benzene rings is 1. The van der Waals surface area contributed by atoms with Crippen molar-refractivity contribution in [2.24, 2.45) is 0 Å². The van der Waals surface area contributed by atoms with Crippen LogP contribution >= 0.6 is 11.3 Å². The highest BCUT2D eigenvalue weighted by molar-refractivity contribution is 7.12. The van der Waals surface area contributed by atoms with E-state index in [-0.39, 0.29) is 11.5 Å². The van der Waals surface area contributed by atoms with Gasteiger partial charge in [-0.25, -0.2) is 0 Å². The predicted octanol–water partition coefficient (Wildman–Crippen LogP) is 3.95. The first-order valence-electron chi connectivity index (χ1n) is 8.04. The topological polar surface area (TPSA) is 53.2 Å². The maximum Gasteiger partial charge on any atom is 0.264 e. The molecule has 3 rings (SSSR count). The summed E-state index contributed by atoms with van der Waals surface area (Å²) in [7, 11) is 0. The van der Waals surface area contributed by atoms with Crippen LogP contribution in [0.15, 0.2) is 46.6 Å². The van der Waals surface area contributed by atoms with Crippen LogP contribution in [0, 0.1) is 6.92 Å². The molecule has 0 spiro atoms. The van der Waals surface area contributed by atoms with Gasteiger partial charge in [0.25, 0.3) is 11.5 Å². The summed E-state index contributed by atoms with van der Waals surface area (Å²) in [5.41, 5.74) is 2.44. The summed E-state index contributed by atoms with van der Waals surface area (Å²) < 4.78 is 0. The fourth-order valence-corrected chi connectivity index (χ4v) is 3.46. The highest BCUT2D eigenvalue weighted by atomic mass is 32.1. The molecule has 24 heavy (non-hydrogen) atoms. The van der Waals surface area contributed by atoms with E-state index in [0.29, 0.717) is 23.5 Å². The van der Waals surface area contributed by atoms with Gasteiger partial charge < -0.3 is 9.88 Å². The van der Waals surface area contributed by atoms with E-state index in [1.54, 1.807) is 4.90 Å². The summed E-state index contributed by atoms with van der Waals surface area (Å²) in [6.45, 7) is 5.00. The molecule has 3 aromatic rings. The molecule has 0 unspecified atom stereocenters. The van der Waals surface area contributed by atoms with E-state index in [1.165, 1.54) is 11.3 Å². The molecule has 0 saturated carbocycles. The number of pyridine rings is 1. The third-order valence-corrected chi connectivity index (χ3v) is 4.81. The van der Waals surface area contributed by atoms with Crippen LogP contribution < -0.4 is 5.56 Å². The third kappa shape index (κ3) is 3.41. The number of nitrogens with one attached hydrogen (secondary N) is 1. The fraction of sp³-hybridized carbons (Fsp3) is 0.263. The normalized spacial score (nSPS) is 10.9. The lowest BCUT2D eigenvalue weighted by Crippen LogP contribution is -2.33. The van der Waals surface area contributed by atoms with Crippen LogP contribution in [0.5, 0.6) is 0 Å². The van der Waals surface area contributed by atoms with Gasteiger partial charge in [-0.3, -0.25) is 9.59 Å². The number of aromatic amines is 1. The lowest BCUT2D eigenvalue weighted by atomic mass is 10.1. The number of aromatic nitrogens is 1. The van der Waals surface area contributed by atoms with Crippen LogP contribution in [-0.2, 0) is 6.54 Å². The van der Waals surface area contributed by atoms with E-state index in [9.17, 15) is 9.59 Å². The number of hydrogen-bond acceptors (Lipinski definition) is 3. The summed E-state index contributed by atoms with van der Waals surface area (Å²) in [5, 5.41) is 2.88. The van der Waals surface area contributed by atoms with Crippen LogP contribution in [0.3, 0.4) is 0 Å². The number of aryl methyl sites for hydroxylation is 1. The maximum atomic E-state index is 12.7. The molecular formula is C19H20N2O2S. The van der Waals surface area contributed by atoms with Gasteiger partial charge >= 0.3 is 0 Å². The van der Waals surface area contributed by atoms with E-state index in [2.05, 4.69) is 4.98 Å². The van der Waals surface area contributed by atoms with Gasteiger partial charge in [0, 0.05) is 17.6 Å². The van der Waals surface area contributed by atoms with Gasteiger partial charge in [0.05, 0.1) is 11.4 Å². The number of rotatable bonds is 5. The molecule has 5 heteroatoms. The van der Waals surface area contributed by atoms with Crippen molar-refractivity contribution >= 4 is 28.1 Å². The number of hydrogen-bond donors (Lipinski definition) is 1. The van der Waals surface area contributed by atoms with Crippen molar-refractivity contribution in [2.45, 2.75) is 26.8 Å². The molecule has 0 fully saturated rings. The van der Waals surface area contributed by atoms with E-state index in [1.807, 2.05) is 55.6 Å². The molecule has 0 aliphatic rings. The van der Waals surface area contributed by atoms with Gasteiger partial charge in [-0.1, -0.05) is 24.6 Å². The molecule has 1 aromatic carbocycles. The zero-order valence-corrected chi connectivity index (χ0v) is 14.7. The standard InChI is InChI=1S/C19H20N2O2S/c1-3-8-21(19(23)17-5-4-9-24-17)12-15-11-14-10-13(2)6-7-16(14)20-18(15)22/h4-7,9-11H,3,8,12H2,1-2H3,(H,20,22). The Bertz CT molecular complexity index is 913. The number of thiophene rings is 1. The average Bonchev–Trinajstić information content (AvgIpc) is 3.09. The maximum absolute atomic E-state index is 12.7. The lowest BCUT2D eigenvalue weighted by Gasteiger charge is -2.21. The van der Waals surface area contributed by atoms with Crippen LogP contribution in [0.1, 0.15) is 34.1 Å². The summed E-state index contributed by atoms with van der Waals surface area (Å²) >= 11 is 1.43. The molecule has 4 nitrogen and oxygen atoms in total. The minimum Gasteiger partial charge on any atom is -0.333 e. The van der Waals surface area contributed by atoms with Gasteiger partial charge in [0.1, 0.15) is 0 Å². The first-order valence-corrected chi connectivity index (χ1v) is 8.92. The zero-order chi connectivity index (χ0) is 17.1. The van der Waals surface area contributed by atoms with E-state index >= 15 is 0 Å². The second-order valence-corrected chi connectivity index (χ2v) is 6.87. The van der Waals surface area contributed by atoms with E-state index in [4.69, 9.17) is 0 Å². The van der Waals surface area contributed by atoms with Crippen molar-refractivity contribution in [1.29, 1.82) is 0 Å². The largest absolute Gasteiger partial charge is 0.333 e. The highest BCUT2D eigenvalue weighted by Crippen LogP contribution is 2.17. The highest BCUT2D eigenvalue weighted by Gasteiger charge is 2.18. The van der Waals surface area contributed by atoms with Gasteiger partial charge in [-0.15, -0.1) is 11.3 Å². The van der Waals surface area contributed by atoms with Crippen molar-refractivity contribution in [2.75, 3.05) is 6.54 Å². The van der Waals surface area contributed by atoms with E-state index < -0.39 is 0 Å². The molecule has 1 N–H and O–H groups in total. The second-order valence-electron chi connectivity index (χ2n) is 5.92. The Labute approximate surface area is 144 Å². The number of H-pyrrole nitrogens is 1. The Balaban J connectivity index is 1.94. The molecule has 2 aromatic heterocycles. The third-order valence-electron chi connectivity index (χ3n) is 3.95. The first-order chi connectivity index (χ1) is 11.6. The molecule has 124 valence electrons. The second kappa shape index (κ2) is 7.01. The van der Waals surface area contributed by atoms with Gasteiger partial charge in [-0.2, -0.15) is 0 Å². The summed E-state index contributed by atoms with van der Waals surface area (Å²) in [6, 6.07) is 11.5. The number of carbonyl (C=O) groups excluding carboxylic acids is 1. The van der Waals surface area contributed by atoms with Gasteiger partial charge in [0.2, 0.25) is 0 Å². The monoisotopic (exact) mass is 340 g/mol. The summed E-state index contributed by atoms with van der Waals surface area (Å²) in [5.74, 6) is -0.0180. The van der Waals surface area contributed by atoms with E-state index in [0.717, 1.165) is 22.9 Å². The smallest absolute Gasteiger partial charge is 0.264 e. The van der Waals surface area contributed by atoms with Crippen LogP contribution in [-0.4, -0.2) is 22.3 Å². The van der Waals surface area contributed by atoms with Gasteiger partial charge in [-0.05, 0) is 48.4 Å². The van der Waals surface area contributed by atoms with Crippen molar-refractivity contribution in [3.8, 4) is 0 Å². The van der Waals surface area contributed by atoms with Crippen molar-refractivity contribution in [3.05, 3.63) is 68.1 Å². The number of amides is 1. The van der Waals surface area contributed by atoms with Crippen LogP contribution in [0.25, 0.3) is 10.9 Å². The molecule has 0 atom stereocenters. The Hall–Kier alpha value is -2.40. The van der Waals surface area contributed by atoms with Crippen molar-refractivity contribution < 1.29 is 4.79 Å². The Morgan fingerprint density at radius 3 is 2.79 bits per heavy atom. The Morgan fingerprint density at radius 1 is 1.25 bits per heavy atom. The summed E-state index contributed by atoms with van der Waals surface area (Å²) in [6.07, 6.45) is 0.849. The van der Waals surface area contributed by atoms with Gasteiger partial charge in [0.15, 0.2) is 0 Å². The minimum absolute atomic E-state index is 0.0180. The molecular weight excluding hydrogens is 320 g/mol.